The second-order valence-electron chi connectivity index (χ2n) is 6.71. The fraction of sp³-hybridized carbons (Fsp3) is 0.611. The average Bonchev–Trinajstić information content (AvgIpc) is 3.07. The molecule has 1 aromatic rings. The predicted molar refractivity (Wildman–Crippen MR) is 86.7 cm³/mol. The van der Waals surface area contributed by atoms with Crippen LogP contribution in [0.4, 0.5) is 13.6 Å². The van der Waals surface area contributed by atoms with E-state index in [9.17, 15) is 13.6 Å². The van der Waals surface area contributed by atoms with Crippen molar-refractivity contribution in [2.75, 3.05) is 26.3 Å². The minimum absolute atomic E-state index is 0.00599. The number of carbonyl (C=O) groups is 1. The van der Waals surface area contributed by atoms with Crippen LogP contribution in [0.25, 0.3) is 0 Å². The zero-order chi connectivity index (χ0) is 16.9. The fourth-order valence-electron chi connectivity index (χ4n) is 3.42. The van der Waals surface area contributed by atoms with Crippen molar-refractivity contribution in [3.05, 3.63) is 35.4 Å². The van der Waals surface area contributed by atoms with Gasteiger partial charge in [0.25, 0.3) is 0 Å². The molecule has 0 radical (unpaired) electrons. The molecule has 1 aromatic carbocycles. The molecule has 2 aliphatic heterocycles. The van der Waals surface area contributed by atoms with E-state index >= 15 is 0 Å². The Kier molecular flexibility index (Phi) is 5.66. The standard InChI is InChI=1S/C18H24F2N2O2/c19-15-4-3-14(17(20)11-15)2-1-13-5-8-22(9-6-13)18(23)21-16-7-10-24-12-16/h3-4,11,13,16H,1-2,5-10,12H2,(H,21,23)/t16-/m1/s1. The number of benzene rings is 1. The van der Waals surface area contributed by atoms with Gasteiger partial charge in [0.1, 0.15) is 11.6 Å². The lowest BCUT2D eigenvalue weighted by molar-refractivity contribution is 0.159. The van der Waals surface area contributed by atoms with Crippen molar-refractivity contribution in [1.29, 1.82) is 0 Å². The topological polar surface area (TPSA) is 41.6 Å². The maximum Gasteiger partial charge on any atom is 0.317 e. The molecule has 0 saturated carbocycles. The highest BCUT2D eigenvalue weighted by atomic mass is 19.1. The summed E-state index contributed by atoms with van der Waals surface area (Å²) in [4.78, 5) is 14.0. The van der Waals surface area contributed by atoms with Crippen molar-refractivity contribution in [1.82, 2.24) is 10.2 Å². The van der Waals surface area contributed by atoms with Gasteiger partial charge in [-0.1, -0.05) is 6.07 Å². The lowest BCUT2D eigenvalue weighted by Crippen LogP contribution is -2.48. The highest BCUT2D eigenvalue weighted by Gasteiger charge is 2.25. The van der Waals surface area contributed by atoms with Crippen molar-refractivity contribution in [3.8, 4) is 0 Å². The van der Waals surface area contributed by atoms with E-state index in [0.29, 0.717) is 31.1 Å². The molecule has 3 rings (SSSR count). The third-order valence-electron chi connectivity index (χ3n) is 5.00. The molecule has 132 valence electrons. The summed E-state index contributed by atoms with van der Waals surface area (Å²) < 4.78 is 31.8. The first-order valence-electron chi connectivity index (χ1n) is 8.69. The Balaban J connectivity index is 1.40. The molecular formula is C18H24F2N2O2. The lowest BCUT2D eigenvalue weighted by Gasteiger charge is -2.32. The maximum absolute atomic E-state index is 13.7. The molecule has 1 N–H and O–H groups in total. The highest BCUT2D eigenvalue weighted by Crippen LogP contribution is 2.23. The number of carbonyl (C=O) groups excluding carboxylic acids is 1. The van der Waals surface area contributed by atoms with Crippen LogP contribution < -0.4 is 5.32 Å². The maximum atomic E-state index is 13.7. The second-order valence-corrected chi connectivity index (χ2v) is 6.71. The lowest BCUT2D eigenvalue weighted by atomic mass is 9.90. The Hall–Kier alpha value is -1.69. The first kappa shape index (κ1) is 17.1. The summed E-state index contributed by atoms with van der Waals surface area (Å²) in [5, 5.41) is 3.01. The van der Waals surface area contributed by atoms with E-state index < -0.39 is 11.6 Å². The number of rotatable bonds is 4. The van der Waals surface area contributed by atoms with Gasteiger partial charge in [-0.05, 0) is 49.7 Å². The molecule has 0 aliphatic carbocycles. The van der Waals surface area contributed by atoms with Gasteiger partial charge in [-0.15, -0.1) is 0 Å². The number of halogens is 2. The monoisotopic (exact) mass is 338 g/mol. The van der Waals surface area contributed by atoms with Crippen molar-refractivity contribution in [2.24, 2.45) is 5.92 Å². The molecule has 2 amide bonds. The van der Waals surface area contributed by atoms with Gasteiger partial charge in [-0.2, -0.15) is 0 Å². The molecule has 0 spiro atoms. The van der Waals surface area contributed by atoms with Gasteiger partial charge in [0.15, 0.2) is 0 Å². The smallest absolute Gasteiger partial charge is 0.317 e. The normalized spacial score (nSPS) is 21.9. The Labute approximate surface area is 141 Å². The van der Waals surface area contributed by atoms with Crippen molar-refractivity contribution >= 4 is 6.03 Å². The summed E-state index contributed by atoms with van der Waals surface area (Å²) in [6.07, 6.45) is 4.22. The number of hydrogen-bond donors (Lipinski definition) is 1. The third-order valence-corrected chi connectivity index (χ3v) is 5.00. The van der Waals surface area contributed by atoms with Crippen molar-refractivity contribution in [2.45, 2.75) is 38.1 Å². The van der Waals surface area contributed by atoms with Gasteiger partial charge >= 0.3 is 6.03 Å². The van der Waals surface area contributed by atoms with E-state index in [1.807, 2.05) is 4.90 Å². The Morgan fingerprint density at radius 1 is 1.25 bits per heavy atom. The van der Waals surface area contributed by atoms with E-state index in [1.54, 1.807) is 0 Å². The molecule has 2 saturated heterocycles. The average molecular weight is 338 g/mol. The number of nitrogens with zero attached hydrogens (tertiary/aromatic N) is 1. The molecule has 24 heavy (non-hydrogen) atoms. The molecule has 6 heteroatoms. The second kappa shape index (κ2) is 7.92. The highest BCUT2D eigenvalue weighted by molar-refractivity contribution is 5.74. The first-order valence-corrected chi connectivity index (χ1v) is 8.69. The molecule has 1 atom stereocenters. The van der Waals surface area contributed by atoms with Crippen LogP contribution in [0.5, 0.6) is 0 Å². The van der Waals surface area contributed by atoms with Gasteiger partial charge in [0.05, 0.1) is 12.6 Å². The number of hydrogen-bond acceptors (Lipinski definition) is 2. The summed E-state index contributed by atoms with van der Waals surface area (Å²) in [6, 6.07) is 3.90. The fourth-order valence-corrected chi connectivity index (χ4v) is 3.42. The van der Waals surface area contributed by atoms with Crippen LogP contribution in [0.1, 0.15) is 31.2 Å². The van der Waals surface area contributed by atoms with Gasteiger partial charge in [-0.25, -0.2) is 13.6 Å². The molecular weight excluding hydrogens is 314 g/mol. The van der Waals surface area contributed by atoms with Crippen LogP contribution in [0.3, 0.4) is 0 Å². The predicted octanol–water partition coefficient (Wildman–Crippen LogP) is 3.11. The number of aryl methyl sites for hydroxylation is 1. The van der Waals surface area contributed by atoms with Crippen LogP contribution in [-0.2, 0) is 11.2 Å². The van der Waals surface area contributed by atoms with E-state index in [0.717, 1.165) is 44.8 Å². The largest absolute Gasteiger partial charge is 0.379 e. The quantitative estimate of drug-likeness (QED) is 0.916. The summed E-state index contributed by atoms with van der Waals surface area (Å²) in [7, 11) is 0. The van der Waals surface area contributed by atoms with Crippen molar-refractivity contribution in [3.63, 3.8) is 0 Å². The summed E-state index contributed by atoms with van der Waals surface area (Å²) in [5.41, 5.74) is 0.567. The number of ether oxygens (including phenoxy) is 1. The molecule has 2 heterocycles. The summed E-state index contributed by atoms with van der Waals surface area (Å²) in [6.45, 7) is 2.78. The Morgan fingerprint density at radius 3 is 2.71 bits per heavy atom. The SMILES string of the molecule is O=C(N[C@@H]1CCOC1)N1CCC(CCc2ccc(F)cc2F)CC1. The zero-order valence-electron chi connectivity index (χ0n) is 13.8. The van der Waals surface area contributed by atoms with Crippen LogP contribution in [-0.4, -0.2) is 43.3 Å². The van der Waals surface area contributed by atoms with E-state index in [2.05, 4.69) is 5.32 Å². The number of nitrogens with one attached hydrogen (secondary N) is 1. The molecule has 0 aromatic heterocycles. The van der Waals surface area contributed by atoms with Crippen LogP contribution >= 0.6 is 0 Å². The molecule has 2 fully saturated rings. The number of urea groups is 1. The Bertz CT molecular complexity index is 568. The van der Waals surface area contributed by atoms with Gasteiger partial charge in [-0.3, -0.25) is 0 Å². The molecule has 0 bridgehead atoms. The van der Waals surface area contributed by atoms with Crippen LogP contribution in [0, 0.1) is 17.6 Å². The number of likely N-dealkylation sites (tertiary alicyclic amines) is 1. The minimum atomic E-state index is -0.539. The van der Waals surface area contributed by atoms with Crippen LogP contribution in [0.2, 0.25) is 0 Å². The van der Waals surface area contributed by atoms with E-state index in [-0.39, 0.29) is 12.1 Å². The number of amides is 2. The minimum Gasteiger partial charge on any atom is -0.379 e. The molecule has 4 nitrogen and oxygen atoms in total. The molecule has 2 aliphatic rings. The molecule has 0 unspecified atom stereocenters. The van der Waals surface area contributed by atoms with Crippen molar-refractivity contribution < 1.29 is 18.3 Å². The van der Waals surface area contributed by atoms with E-state index in [4.69, 9.17) is 4.74 Å². The van der Waals surface area contributed by atoms with Gasteiger partial charge < -0.3 is 15.0 Å². The van der Waals surface area contributed by atoms with E-state index in [1.165, 1.54) is 12.1 Å². The van der Waals surface area contributed by atoms with Gasteiger partial charge in [0, 0.05) is 25.8 Å². The summed E-state index contributed by atoms with van der Waals surface area (Å²) in [5.74, 6) is -0.526. The third kappa shape index (κ3) is 4.44. The first-order chi connectivity index (χ1) is 11.6. The Morgan fingerprint density at radius 2 is 2.04 bits per heavy atom. The van der Waals surface area contributed by atoms with Crippen LogP contribution in [0.15, 0.2) is 18.2 Å². The number of piperidine rings is 1. The summed E-state index contributed by atoms with van der Waals surface area (Å²) >= 11 is 0. The van der Waals surface area contributed by atoms with Gasteiger partial charge in [0.2, 0.25) is 0 Å². The zero-order valence-corrected chi connectivity index (χ0v) is 13.8.